The van der Waals surface area contributed by atoms with Gasteiger partial charge in [0.05, 0.1) is 0 Å². The number of sulfonamides is 1. The number of nitrogen functional groups attached to an aromatic ring is 1. The topological polar surface area (TPSA) is 85.1 Å². The highest BCUT2D eigenvalue weighted by Gasteiger charge is 2.17. The second kappa shape index (κ2) is 5.68. The Kier molecular flexibility index (Phi) is 4.18. The van der Waals surface area contributed by atoms with Crippen molar-refractivity contribution in [2.75, 3.05) is 5.73 Å². The van der Waals surface area contributed by atoms with E-state index in [2.05, 4.69) is 16.6 Å². The number of pyridine rings is 1. The van der Waals surface area contributed by atoms with Crippen LogP contribution in [0.1, 0.15) is 16.7 Å². The normalized spacial score (nSPS) is 11.6. The van der Waals surface area contributed by atoms with Crippen LogP contribution in [-0.4, -0.2) is 13.4 Å². The molecule has 19 heavy (non-hydrogen) atoms. The van der Waals surface area contributed by atoms with Crippen LogP contribution in [0.2, 0.25) is 0 Å². The molecule has 0 fully saturated rings. The van der Waals surface area contributed by atoms with E-state index in [9.17, 15) is 8.42 Å². The maximum atomic E-state index is 12.1. The van der Waals surface area contributed by atoms with Crippen molar-refractivity contribution in [3.8, 4) is 0 Å². The lowest BCUT2D eigenvalue weighted by atomic mass is 10.4. The third-order valence-corrected chi connectivity index (χ3v) is 5.27. The lowest BCUT2D eigenvalue weighted by Crippen LogP contribution is -2.24. The quantitative estimate of drug-likeness (QED) is 0.880. The summed E-state index contributed by atoms with van der Waals surface area (Å²) in [5.41, 5.74) is 5.57. The first-order valence-electron chi connectivity index (χ1n) is 5.80. The molecule has 2 rings (SSSR count). The monoisotopic (exact) mass is 297 g/mol. The molecular formula is C12H15N3O2S2. The minimum Gasteiger partial charge on any atom is -0.383 e. The van der Waals surface area contributed by atoms with Gasteiger partial charge in [0.25, 0.3) is 0 Å². The summed E-state index contributed by atoms with van der Waals surface area (Å²) < 4.78 is 26.7. The van der Waals surface area contributed by atoms with Gasteiger partial charge in [-0.3, -0.25) is 0 Å². The highest BCUT2D eigenvalue weighted by atomic mass is 32.2. The van der Waals surface area contributed by atoms with Crippen molar-refractivity contribution in [1.29, 1.82) is 0 Å². The van der Waals surface area contributed by atoms with Gasteiger partial charge in [0, 0.05) is 22.5 Å². The number of anilines is 1. The van der Waals surface area contributed by atoms with Crippen LogP contribution in [0.25, 0.3) is 0 Å². The van der Waals surface area contributed by atoms with Gasteiger partial charge < -0.3 is 5.73 Å². The third-order valence-electron chi connectivity index (χ3n) is 2.59. The molecule has 0 saturated heterocycles. The van der Waals surface area contributed by atoms with Crippen molar-refractivity contribution in [3.63, 3.8) is 0 Å². The standard InChI is InChI=1S/C12H15N3O2S2/c1-2-9-5-6-10(18-9)8-15-19(16,17)11-4-3-7-14-12(11)13/h3-7,15H,2,8H2,1H3,(H2,13,14). The zero-order valence-corrected chi connectivity index (χ0v) is 12.1. The number of rotatable bonds is 5. The minimum atomic E-state index is -3.62. The second-order valence-electron chi connectivity index (χ2n) is 3.93. The number of aryl methyl sites for hydroxylation is 1. The second-order valence-corrected chi connectivity index (χ2v) is 6.92. The van der Waals surface area contributed by atoms with Crippen LogP contribution in [0, 0.1) is 0 Å². The summed E-state index contributed by atoms with van der Waals surface area (Å²) in [6.07, 6.45) is 2.41. The van der Waals surface area contributed by atoms with E-state index in [1.54, 1.807) is 17.4 Å². The molecule has 0 unspecified atom stereocenters. The summed E-state index contributed by atoms with van der Waals surface area (Å²) in [6.45, 7) is 2.33. The van der Waals surface area contributed by atoms with E-state index in [1.807, 2.05) is 12.1 Å². The van der Waals surface area contributed by atoms with Crippen molar-refractivity contribution in [2.45, 2.75) is 24.8 Å². The molecule has 3 N–H and O–H groups in total. The number of thiophene rings is 1. The summed E-state index contributed by atoms with van der Waals surface area (Å²) in [7, 11) is -3.62. The van der Waals surface area contributed by atoms with Crippen LogP contribution in [0.5, 0.6) is 0 Å². The molecule has 0 aliphatic rings. The molecule has 7 heteroatoms. The zero-order chi connectivity index (χ0) is 13.9. The van der Waals surface area contributed by atoms with Crippen molar-refractivity contribution in [2.24, 2.45) is 0 Å². The fourth-order valence-electron chi connectivity index (χ4n) is 1.58. The molecule has 102 valence electrons. The average molecular weight is 297 g/mol. The smallest absolute Gasteiger partial charge is 0.244 e. The Labute approximate surface area is 116 Å². The van der Waals surface area contributed by atoms with Gasteiger partial charge in [-0.1, -0.05) is 6.92 Å². The van der Waals surface area contributed by atoms with E-state index >= 15 is 0 Å². The van der Waals surface area contributed by atoms with Gasteiger partial charge in [-0.15, -0.1) is 11.3 Å². The summed E-state index contributed by atoms with van der Waals surface area (Å²) >= 11 is 1.60. The molecule has 2 heterocycles. The first-order chi connectivity index (χ1) is 9.03. The molecule has 0 spiro atoms. The summed E-state index contributed by atoms with van der Waals surface area (Å²) in [6, 6.07) is 6.92. The maximum Gasteiger partial charge on any atom is 0.244 e. The molecule has 0 aliphatic carbocycles. The van der Waals surface area contributed by atoms with Crippen LogP contribution in [0.4, 0.5) is 5.82 Å². The number of nitrogens with one attached hydrogen (secondary N) is 1. The van der Waals surface area contributed by atoms with Crippen LogP contribution >= 0.6 is 11.3 Å². The van der Waals surface area contributed by atoms with E-state index in [0.29, 0.717) is 0 Å². The van der Waals surface area contributed by atoms with E-state index in [1.165, 1.54) is 17.1 Å². The maximum absolute atomic E-state index is 12.1. The van der Waals surface area contributed by atoms with Crippen molar-refractivity contribution >= 4 is 27.2 Å². The molecule has 0 saturated carbocycles. The number of aromatic nitrogens is 1. The van der Waals surface area contributed by atoms with E-state index in [-0.39, 0.29) is 17.3 Å². The molecular weight excluding hydrogens is 282 g/mol. The highest BCUT2D eigenvalue weighted by Crippen LogP contribution is 2.19. The molecule has 0 bridgehead atoms. The Hall–Kier alpha value is -1.44. The Balaban J connectivity index is 2.12. The first-order valence-corrected chi connectivity index (χ1v) is 8.10. The van der Waals surface area contributed by atoms with Crippen LogP contribution in [0.15, 0.2) is 35.4 Å². The van der Waals surface area contributed by atoms with Gasteiger partial charge in [0.1, 0.15) is 10.7 Å². The molecule has 0 amide bonds. The molecule has 0 radical (unpaired) electrons. The number of nitrogens with zero attached hydrogens (tertiary/aromatic N) is 1. The molecule has 2 aromatic rings. The summed E-state index contributed by atoms with van der Waals surface area (Å²) in [4.78, 5) is 6.00. The van der Waals surface area contributed by atoms with Crippen molar-refractivity contribution in [3.05, 3.63) is 40.2 Å². The van der Waals surface area contributed by atoms with Crippen molar-refractivity contribution in [1.82, 2.24) is 9.71 Å². The lowest BCUT2D eigenvalue weighted by molar-refractivity contribution is 0.582. The van der Waals surface area contributed by atoms with E-state index in [4.69, 9.17) is 5.73 Å². The number of nitrogens with two attached hydrogens (primary N) is 1. The Bertz CT molecular complexity index is 665. The van der Waals surface area contributed by atoms with Crippen LogP contribution in [0.3, 0.4) is 0 Å². The molecule has 5 nitrogen and oxygen atoms in total. The summed E-state index contributed by atoms with van der Waals surface area (Å²) in [5, 5.41) is 0. The van der Waals surface area contributed by atoms with Gasteiger partial charge in [-0.25, -0.2) is 18.1 Å². The Morgan fingerprint density at radius 3 is 2.68 bits per heavy atom. The largest absolute Gasteiger partial charge is 0.383 e. The molecule has 0 aliphatic heterocycles. The van der Waals surface area contributed by atoms with Crippen LogP contribution in [-0.2, 0) is 23.0 Å². The Morgan fingerprint density at radius 1 is 1.32 bits per heavy atom. The van der Waals surface area contributed by atoms with E-state index in [0.717, 1.165) is 11.3 Å². The van der Waals surface area contributed by atoms with Crippen molar-refractivity contribution < 1.29 is 8.42 Å². The fraction of sp³-hybridized carbons (Fsp3) is 0.250. The minimum absolute atomic E-state index is 0.00965. The Morgan fingerprint density at radius 2 is 2.05 bits per heavy atom. The fourth-order valence-corrected chi connectivity index (χ4v) is 3.66. The average Bonchev–Trinajstić information content (AvgIpc) is 2.85. The molecule has 2 aromatic heterocycles. The molecule has 0 atom stereocenters. The number of hydrogen-bond donors (Lipinski definition) is 2. The predicted molar refractivity (Wildman–Crippen MR) is 76.4 cm³/mol. The van der Waals surface area contributed by atoms with Gasteiger partial charge >= 0.3 is 0 Å². The first kappa shape index (κ1) is 14.0. The SMILES string of the molecule is CCc1ccc(CNS(=O)(=O)c2cccnc2N)s1. The van der Waals surface area contributed by atoms with Gasteiger partial charge in [0.15, 0.2) is 0 Å². The summed E-state index contributed by atoms with van der Waals surface area (Å²) in [5.74, 6) is 0.00965. The highest BCUT2D eigenvalue weighted by molar-refractivity contribution is 7.89. The molecule has 0 aromatic carbocycles. The predicted octanol–water partition coefficient (Wildman–Crippen LogP) is 1.77. The van der Waals surface area contributed by atoms with Crippen LogP contribution < -0.4 is 10.5 Å². The van der Waals surface area contributed by atoms with Gasteiger partial charge in [-0.2, -0.15) is 0 Å². The zero-order valence-electron chi connectivity index (χ0n) is 10.5. The van der Waals surface area contributed by atoms with E-state index < -0.39 is 10.0 Å². The van der Waals surface area contributed by atoms with Gasteiger partial charge in [0.2, 0.25) is 10.0 Å². The number of hydrogen-bond acceptors (Lipinski definition) is 5. The lowest BCUT2D eigenvalue weighted by Gasteiger charge is -2.07. The third kappa shape index (κ3) is 3.31. The van der Waals surface area contributed by atoms with Gasteiger partial charge in [-0.05, 0) is 30.7 Å².